The first-order chi connectivity index (χ1) is 11.0. The Bertz CT molecular complexity index is 804. The lowest BCUT2D eigenvalue weighted by Crippen LogP contribution is -2.05. The number of cyclic esters (lactones) is 1. The van der Waals surface area contributed by atoms with Gasteiger partial charge in [0.05, 0.1) is 0 Å². The number of carbonyl (C=O) groups excluding carboxylic acids is 1. The number of rotatable bonds is 3. The summed E-state index contributed by atoms with van der Waals surface area (Å²) in [6, 6.07) is 15.2. The number of ether oxygens (including phenoxy) is 1. The van der Waals surface area contributed by atoms with Crippen molar-refractivity contribution in [2.45, 2.75) is 19.8 Å². The fraction of sp³-hybridized carbons (Fsp3) is 0.158. The number of benzene rings is 2. The van der Waals surface area contributed by atoms with Gasteiger partial charge in [0.2, 0.25) is 5.90 Å². The third-order valence-electron chi connectivity index (χ3n) is 3.64. The van der Waals surface area contributed by atoms with Gasteiger partial charge in [0.1, 0.15) is 0 Å². The number of hydrogen-bond donors (Lipinski definition) is 0. The van der Waals surface area contributed by atoms with Crippen molar-refractivity contribution in [2.24, 2.45) is 4.99 Å². The molecule has 1 heterocycles. The zero-order valence-electron chi connectivity index (χ0n) is 12.9. The van der Waals surface area contributed by atoms with Gasteiger partial charge in [-0.15, -0.1) is 0 Å². The van der Waals surface area contributed by atoms with Crippen LogP contribution in [0.2, 0.25) is 5.02 Å². The lowest BCUT2D eigenvalue weighted by atomic mass is 10.0. The van der Waals surface area contributed by atoms with E-state index >= 15 is 0 Å². The number of halogens is 1. The van der Waals surface area contributed by atoms with Crippen LogP contribution in [0.15, 0.2) is 59.2 Å². The number of nitrogens with zero attached hydrogens (tertiary/aromatic N) is 1. The fourth-order valence-corrected chi connectivity index (χ4v) is 2.47. The second-order valence-electron chi connectivity index (χ2n) is 5.63. The molecule has 0 atom stereocenters. The molecule has 0 saturated carbocycles. The summed E-state index contributed by atoms with van der Waals surface area (Å²) in [6.45, 7) is 4.26. The van der Waals surface area contributed by atoms with E-state index in [1.807, 2.05) is 42.5 Å². The summed E-state index contributed by atoms with van der Waals surface area (Å²) in [6.07, 6.45) is 1.64. The summed E-state index contributed by atoms with van der Waals surface area (Å²) in [4.78, 5) is 16.3. The molecule has 3 nitrogen and oxygen atoms in total. The molecule has 0 N–H and O–H groups in total. The monoisotopic (exact) mass is 325 g/mol. The highest BCUT2D eigenvalue weighted by atomic mass is 35.5. The van der Waals surface area contributed by atoms with E-state index in [9.17, 15) is 4.79 Å². The topological polar surface area (TPSA) is 38.7 Å². The van der Waals surface area contributed by atoms with Crippen LogP contribution in [-0.4, -0.2) is 11.9 Å². The van der Waals surface area contributed by atoms with Crippen LogP contribution in [0.5, 0.6) is 0 Å². The Balaban J connectivity index is 1.91. The lowest BCUT2D eigenvalue weighted by Gasteiger charge is -2.05. The average Bonchev–Trinajstić information content (AvgIpc) is 2.91. The maximum absolute atomic E-state index is 12.0. The van der Waals surface area contributed by atoms with E-state index in [2.05, 4.69) is 18.8 Å². The molecule has 1 aliphatic rings. The highest BCUT2D eigenvalue weighted by molar-refractivity contribution is 6.32. The highest BCUT2D eigenvalue weighted by Crippen LogP contribution is 2.23. The van der Waals surface area contributed by atoms with Crippen molar-refractivity contribution in [1.82, 2.24) is 0 Å². The van der Waals surface area contributed by atoms with Crippen LogP contribution >= 0.6 is 11.6 Å². The zero-order valence-corrected chi connectivity index (χ0v) is 13.7. The van der Waals surface area contributed by atoms with E-state index in [0.29, 0.717) is 16.8 Å². The Morgan fingerprint density at radius 2 is 1.78 bits per heavy atom. The van der Waals surface area contributed by atoms with E-state index in [1.54, 1.807) is 12.1 Å². The molecule has 0 bridgehead atoms. The molecule has 0 fully saturated rings. The van der Waals surface area contributed by atoms with E-state index in [-0.39, 0.29) is 5.70 Å². The SMILES string of the molecule is CC(C)c1ccc(C2=N/C(=C\c3ccccc3Cl)C(=O)O2)cc1. The molecule has 0 radical (unpaired) electrons. The molecule has 116 valence electrons. The van der Waals surface area contributed by atoms with Gasteiger partial charge in [-0.05, 0) is 41.3 Å². The van der Waals surface area contributed by atoms with Gasteiger partial charge in [-0.2, -0.15) is 0 Å². The number of aliphatic imine (C=N–C) groups is 1. The second-order valence-corrected chi connectivity index (χ2v) is 6.04. The molecule has 0 spiro atoms. The number of carbonyl (C=O) groups is 1. The molecule has 0 unspecified atom stereocenters. The standard InChI is InChI=1S/C19H16ClNO2/c1-12(2)13-7-9-14(10-8-13)18-21-17(19(22)23-18)11-15-5-3-4-6-16(15)20/h3-12H,1-2H3/b17-11-. The minimum atomic E-state index is -0.465. The molecular formula is C19H16ClNO2. The first-order valence-corrected chi connectivity index (χ1v) is 7.80. The maximum Gasteiger partial charge on any atom is 0.363 e. The minimum Gasteiger partial charge on any atom is -0.402 e. The molecule has 4 heteroatoms. The van der Waals surface area contributed by atoms with Crippen molar-refractivity contribution in [1.29, 1.82) is 0 Å². The Morgan fingerprint density at radius 1 is 1.09 bits per heavy atom. The number of esters is 1. The van der Waals surface area contributed by atoms with Crippen LogP contribution in [0.1, 0.15) is 36.5 Å². The average molecular weight is 326 g/mol. The van der Waals surface area contributed by atoms with Crippen LogP contribution in [-0.2, 0) is 9.53 Å². The van der Waals surface area contributed by atoms with Crippen molar-refractivity contribution in [3.63, 3.8) is 0 Å². The molecule has 3 rings (SSSR count). The van der Waals surface area contributed by atoms with Crippen molar-refractivity contribution in [3.8, 4) is 0 Å². The molecule has 2 aromatic carbocycles. The molecule has 0 saturated heterocycles. The van der Waals surface area contributed by atoms with Crippen LogP contribution in [0.25, 0.3) is 6.08 Å². The minimum absolute atomic E-state index is 0.251. The van der Waals surface area contributed by atoms with E-state index in [4.69, 9.17) is 16.3 Å². The quantitative estimate of drug-likeness (QED) is 0.600. The van der Waals surface area contributed by atoms with Crippen molar-refractivity contribution in [2.75, 3.05) is 0 Å². The Kier molecular flexibility index (Phi) is 4.30. The predicted molar refractivity (Wildman–Crippen MR) is 92.6 cm³/mol. The number of hydrogen-bond acceptors (Lipinski definition) is 3. The Morgan fingerprint density at radius 3 is 2.43 bits per heavy atom. The van der Waals surface area contributed by atoms with Crippen LogP contribution in [0, 0.1) is 0 Å². The molecule has 2 aromatic rings. The molecule has 1 aliphatic heterocycles. The third-order valence-corrected chi connectivity index (χ3v) is 3.99. The molecular weight excluding hydrogens is 310 g/mol. The van der Waals surface area contributed by atoms with Crippen molar-refractivity contribution < 1.29 is 9.53 Å². The molecule has 0 amide bonds. The first-order valence-electron chi connectivity index (χ1n) is 7.42. The third kappa shape index (κ3) is 3.35. The Labute approximate surface area is 140 Å². The van der Waals surface area contributed by atoms with Gasteiger partial charge < -0.3 is 4.74 Å². The van der Waals surface area contributed by atoms with Gasteiger partial charge in [0, 0.05) is 10.6 Å². The van der Waals surface area contributed by atoms with Gasteiger partial charge >= 0.3 is 5.97 Å². The van der Waals surface area contributed by atoms with E-state index < -0.39 is 5.97 Å². The van der Waals surface area contributed by atoms with Crippen LogP contribution in [0.4, 0.5) is 0 Å². The summed E-state index contributed by atoms with van der Waals surface area (Å²) in [7, 11) is 0. The predicted octanol–water partition coefficient (Wildman–Crippen LogP) is 4.81. The summed E-state index contributed by atoms with van der Waals surface area (Å²) in [5, 5.41) is 0.567. The van der Waals surface area contributed by atoms with Crippen LogP contribution in [0.3, 0.4) is 0 Å². The summed E-state index contributed by atoms with van der Waals surface area (Å²) < 4.78 is 5.27. The lowest BCUT2D eigenvalue weighted by molar-refractivity contribution is -0.129. The van der Waals surface area contributed by atoms with Gasteiger partial charge in [-0.25, -0.2) is 9.79 Å². The van der Waals surface area contributed by atoms with Crippen molar-refractivity contribution >= 4 is 29.5 Å². The largest absolute Gasteiger partial charge is 0.402 e. The second kappa shape index (κ2) is 6.39. The normalized spacial score (nSPS) is 15.9. The summed E-state index contributed by atoms with van der Waals surface area (Å²) in [5.74, 6) is 0.310. The van der Waals surface area contributed by atoms with E-state index in [1.165, 1.54) is 5.56 Å². The van der Waals surface area contributed by atoms with Gasteiger partial charge in [-0.3, -0.25) is 0 Å². The van der Waals surface area contributed by atoms with Gasteiger partial charge in [-0.1, -0.05) is 55.8 Å². The molecule has 0 aromatic heterocycles. The fourth-order valence-electron chi connectivity index (χ4n) is 2.28. The molecule has 23 heavy (non-hydrogen) atoms. The van der Waals surface area contributed by atoms with E-state index in [0.717, 1.165) is 11.1 Å². The van der Waals surface area contributed by atoms with Crippen molar-refractivity contribution in [3.05, 3.63) is 75.9 Å². The molecule has 0 aliphatic carbocycles. The summed E-state index contributed by atoms with van der Waals surface area (Å²) in [5.41, 5.74) is 3.00. The van der Waals surface area contributed by atoms with Crippen LogP contribution < -0.4 is 0 Å². The van der Waals surface area contributed by atoms with Gasteiger partial charge in [0.15, 0.2) is 5.70 Å². The smallest absolute Gasteiger partial charge is 0.363 e. The zero-order chi connectivity index (χ0) is 16.4. The Hall–Kier alpha value is -2.39. The van der Waals surface area contributed by atoms with Gasteiger partial charge in [0.25, 0.3) is 0 Å². The maximum atomic E-state index is 12.0. The first kappa shape index (κ1) is 15.5. The summed E-state index contributed by atoms with van der Waals surface area (Å²) >= 11 is 6.11. The highest BCUT2D eigenvalue weighted by Gasteiger charge is 2.24.